The summed E-state index contributed by atoms with van der Waals surface area (Å²) in [7, 11) is 1.47. The van der Waals surface area contributed by atoms with Gasteiger partial charge in [-0.1, -0.05) is 11.6 Å². The maximum atomic E-state index is 12.3. The molecule has 1 aromatic rings. The van der Waals surface area contributed by atoms with Crippen LogP contribution < -0.4 is 10.2 Å². The number of amides is 3. The molecule has 8 nitrogen and oxygen atoms in total. The van der Waals surface area contributed by atoms with E-state index in [1.807, 2.05) is 4.90 Å². The number of nitrogens with zero attached hydrogens (tertiary/aromatic N) is 3. The summed E-state index contributed by atoms with van der Waals surface area (Å²) in [6.45, 7) is 2.82. The van der Waals surface area contributed by atoms with E-state index in [0.29, 0.717) is 36.5 Å². The number of hydrogen-bond donors (Lipinski definition) is 1. The normalized spacial score (nSPS) is 19.8. The van der Waals surface area contributed by atoms with Gasteiger partial charge < -0.3 is 10.2 Å². The first-order valence-electron chi connectivity index (χ1n) is 7.55. The number of piperidine rings is 1. The van der Waals surface area contributed by atoms with E-state index in [1.165, 1.54) is 19.2 Å². The predicted molar refractivity (Wildman–Crippen MR) is 88.3 cm³/mol. The minimum absolute atomic E-state index is 0.0467. The summed E-state index contributed by atoms with van der Waals surface area (Å²) in [5.74, 6) is -0.210. The van der Waals surface area contributed by atoms with Crippen molar-refractivity contribution < 1.29 is 14.5 Å². The molecule has 0 aromatic heterocycles. The summed E-state index contributed by atoms with van der Waals surface area (Å²) in [6.07, 6.45) is 0.934. The van der Waals surface area contributed by atoms with Crippen molar-refractivity contribution in [3.63, 3.8) is 0 Å². The predicted octanol–water partition coefficient (Wildman–Crippen LogP) is 2.08. The Labute approximate surface area is 143 Å². The van der Waals surface area contributed by atoms with Crippen molar-refractivity contribution in [1.82, 2.24) is 10.2 Å². The van der Waals surface area contributed by atoms with Gasteiger partial charge in [-0.3, -0.25) is 19.8 Å². The van der Waals surface area contributed by atoms with Crippen LogP contribution in [0.3, 0.4) is 0 Å². The van der Waals surface area contributed by atoms with Gasteiger partial charge in [0.25, 0.3) is 11.6 Å². The number of hydrogen-bond acceptors (Lipinski definition) is 5. The number of rotatable bonds is 2. The van der Waals surface area contributed by atoms with Crippen LogP contribution in [0.2, 0.25) is 5.02 Å². The van der Waals surface area contributed by atoms with Crippen LogP contribution in [0.15, 0.2) is 12.1 Å². The van der Waals surface area contributed by atoms with Crippen LogP contribution in [0.4, 0.5) is 16.2 Å². The molecule has 2 aliphatic rings. The molecule has 1 spiro atoms. The molecule has 0 atom stereocenters. The van der Waals surface area contributed by atoms with Gasteiger partial charge in [0.05, 0.1) is 15.6 Å². The fraction of sp³-hybridized carbons (Fsp3) is 0.467. The lowest BCUT2D eigenvalue weighted by atomic mass is 9.87. The fourth-order valence-electron chi connectivity index (χ4n) is 3.43. The number of aryl methyl sites for hydroxylation is 1. The van der Waals surface area contributed by atoms with E-state index in [9.17, 15) is 19.7 Å². The van der Waals surface area contributed by atoms with Crippen molar-refractivity contribution >= 4 is 34.9 Å². The lowest BCUT2D eigenvalue weighted by Crippen LogP contribution is -2.55. The zero-order chi connectivity index (χ0) is 17.6. The molecule has 24 heavy (non-hydrogen) atoms. The molecule has 9 heteroatoms. The van der Waals surface area contributed by atoms with E-state index < -0.39 is 10.5 Å². The summed E-state index contributed by atoms with van der Waals surface area (Å²) in [6, 6.07) is 2.45. The Morgan fingerprint density at radius 3 is 2.38 bits per heavy atom. The third-order valence-electron chi connectivity index (χ3n) is 4.75. The van der Waals surface area contributed by atoms with E-state index in [0.717, 1.165) is 10.6 Å². The third kappa shape index (κ3) is 2.47. The summed E-state index contributed by atoms with van der Waals surface area (Å²) in [5.41, 5.74) is 0.560. The average Bonchev–Trinajstić information content (AvgIpc) is 2.73. The minimum Gasteiger partial charge on any atom is -0.370 e. The van der Waals surface area contributed by atoms with Gasteiger partial charge in [-0.05, 0) is 25.3 Å². The van der Waals surface area contributed by atoms with E-state index in [4.69, 9.17) is 11.6 Å². The lowest BCUT2D eigenvalue weighted by Gasteiger charge is -2.39. The zero-order valence-corrected chi connectivity index (χ0v) is 14.1. The number of imide groups is 1. The minimum atomic E-state index is -0.844. The smallest absolute Gasteiger partial charge is 0.324 e. The molecule has 1 aromatic carbocycles. The van der Waals surface area contributed by atoms with Crippen molar-refractivity contribution in [2.24, 2.45) is 0 Å². The summed E-state index contributed by atoms with van der Waals surface area (Å²) in [4.78, 5) is 37.6. The average molecular weight is 353 g/mol. The highest BCUT2D eigenvalue weighted by atomic mass is 35.5. The van der Waals surface area contributed by atoms with Gasteiger partial charge in [-0.25, -0.2) is 4.79 Å². The van der Waals surface area contributed by atoms with Gasteiger partial charge in [-0.2, -0.15) is 0 Å². The van der Waals surface area contributed by atoms with Crippen LogP contribution in [-0.4, -0.2) is 47.4 Å². The monoisotopic (exact) mass is 352 g/mol. The molecule has 1 N–H and O–H groups in total. The number of urea groups is 1. The fourth-order valence-corrected chi connectivity index (χ4v) is 3.81. The van der Waals surface area contributed by atoms with Gasteiger partial charge in [-0.15, -0.1) is 0 Å². The molecule has 128 valence electrons. The standard InChI is InChI=1S/C15H17ClN4O4/c1-9-7-10(20(23)24)8-11(16)12(9)19-5-3-15(4-6-19)13(21)18(2)14(22)17-15/h7-8H,3-6H2,1-2H3,(H,17,22). The van der Waals surface area contributed by atoms with E-state index >= 15 is 0 Å². The van der Waals surface area contributed by atoms with Gasteiger partial charge in [0.2, 0.25) is 0 Å². The van der Waals surface area contributed by atoms with Gasteiger partial charge in [0, 0.05) is 32.3 Å². The Bertz CT molecular complexity index is 720. The molecule has 3 amide bonds. The second-order valence-electron chi connectivity index (χ2n) is 6.21. The Morgan fingerprint density at radius 2 is 1.92 bits per heavy atom. The Balaban J connectivity index is 1.82. The maximum Gasteiger partial charge on any atom is 0.324 e. The van der Waals surface area contributed by atoms with Crippen LogP contribution in [-0.2, 0) is 4.79 Å². The number of nitro groups is 1. The molecule has 2 heterocycles. The largest absolute Gasteiger partial charge is 0.370 e. The number of non-ortho nitro benzene ring substituents is 1. The number of halogens is 1. The van der Waals surface area contributed by atoms with Crippen LogP contribution in [0.25, 0.3) is 0 Å². The number of benzene rings is 1. The molecule has 0 aliphatic carbocycles. The molecule has 2 aliphatic heterocycles. The molecule has 0 radical (unpaired) electrons. The topological polar surface area (TPSA) is 95.8 Å². The van der Waals surface area contributed by atoms with Gasteiger partial charge in [0.15, 0.2) is 0 Å². The van der Waals surface area contributed by atoms with Crippen molar-refractivity contribution in [3.8, 4) is 0 Å². The number of carbonyl (C=O) groups excluding carboxylic acids is 2. The second-order valence-corrected chi connectivity index (χ2v) is 6.62. The zero-order valence-electron chi connectivity index (χ0n) is 13.3. The maximum absolute atomic E-state index is 12.3. The molecule has 2 saturated heterocycles. The number of nitro benzene ring substituents is 1. The number of anilines is 1. The molecule has 0 unspecified atom stereocenters. The highest BCUT2D eigenvalue weighted by Gasteiger charge is 2.51. The summed E-state index contributed by atoms with van der Waals surface area (Å²) in [5, 5.41) is 14.0. The van der Waals surface area contributed by atoms with Gasteiger partial charge >= 0.3 is 6.03 Å². The molecule has 0 bridgehead atoms. The molecular weight excluding hydrogens is 336 g/mol. The van der Waals surface area contributed by atoms with Crippen molar-refractivity contribution in [1.29, 1.82) is 0 Å². The number of nitrogens with one attached hydrogen (secondary N) is 1. The van der Waals surface area contributed by atoms with Crippen molar-refractivity contribution in [2.75, 3.05) is 25.0 Å². The molecule has 0 saturated carbocycles. The van der Waals surface area contributed by atoms with Gasteiger partial charge in [0.1, 0.15) is 5.54 Å². The Morgan fingerprint density at radius 1 is 1.29 bits per heavy atom. The Hall–Kier alpha value is -2.35. The third-order valence-corrected chi connectivity index (χ3v) is 5.04. The van der Waals surface area contributed by atoms with E-state index in [1.54, 1.807) is 6.92 Å². The van der Waals surface area contributed by atoms with E-state index in [2.05, 4.69) is 5.32 Å². The molecule has 2 fully saturated rings. The Kier molecular flexibility index (Phi) is 3.87. The highest BCUT2D eigenvalue weighted by Crippen LogP contribution is 2.37. The molecule has 3 rings (SSSR count). The van der Waals surface area contributed by atoms with Crippen molar-refractivity contribution in [2.45, 2.75) is 25.3 Å². The summed E-state index contributed by atoms with van der Waals surface area (Å²) >= 11 is 6.25. The SMILES string of the molecule is Cc1cc([N+](=O)[O-])cc(Cl)c1N1CCC2(CC1)NC(=O)N(C)C2=O. The van der Waals surface area contributed by atoms with Crippen LogP contribution in [0.1, 0.15) is 18.4 Å². The first-order valence-corrected chi connectivity index (χ1v) is 7.93. The lowest BCUT2D eigenvalue weighted by molar-refractivity contribution is -0.384. The number of likely N-dealkylation sites (N-methyl/N-ethyl adjacent to an activating group) is 1. The first kappa shape index (κ1) is 16.5. The van der Waals surface area contributed by atoms with Crippen LogP contribution >= 0.6 is 11.6 Å². The first-order chi connectivity index (χ1) is 11.2. The molecular formula is C15H17ClN4O4. The number of carbonyl (C=O) groups is 2. The second kappa shape index (κ2) is 5.62. The van der Waals surface area contributed by atoms with Crippen LogP contribution in [0.5, 0.6) is 0 Å². The summed E-state index contributed by atoms with van der Waals surface area (Å²) < 4.78 is 0. The quantitative estimate of drug-likeness (QED) is 0.499. The van der Waals surface area contributed by atoms with E-state index in [-0.39, 0.29) is 17.6 Å². The van der Waals surface area contributed by atoms with Crippen molar-refractivity contribution in [3.05, 3.63) is 32.8 Å². The highest BCUT2D eigenvalue weighted by molar-refractivity contribution is 6.33. The van der Waals surface area contributed by atoms with Crippen LogP contribution in [0, 0.1) is 17.0 Å².